The number of ether oxygens (including phenoxy) is 1. The van der Waals surface area contributed by atoms with Crippen LogP contribution in [0.1, 0.15) is 51.4 Å². The van der Waals surface area contributed by atoms with Crippen LogP contribution in [0.15, 0.2) is 0 Å². The van der Waals surface area contributed by atoms with Crippen LogP contribution in [0, 0.1) is 11.8 Å². The minimum atomic E-state index is -5.59. The monoisotopic (exact) mass is 356 g/mol. The Hall–Kier alpha value is -0.800. The molecular weight excluding hydrogens is 334 g/mol. The van der Waals surface area contributed by atoms with Gasteiger partial charge in [-0.2, -0.15) is 17.2 Å². The molecule has 6 nitrogen and oxygen atoms in total. The van der Waals surface area contributed by atoms with Gasteiger partial charge in [0.25, 0.3) is 0 Å². The van der Waals surface area contributed by atoms with E-state index in [1.54, 1.807) is 0 Å². The Labute approximate surface area is 134 Å². The van der Waals surface area contributed by atoms with Crippen molar-refractivity contribution in [3.05, 3.63) is 0 Å². The highest BCUT2D eigenvalue weighted by Gasteiger charge is 2.46. The van der Waals surface area contributed by atoms with Crippen molar-refractivity contribution in [2.24, 2.45) is 11.8 Å². The summed E-state index contributed by atoms with van der Waals surface area (Å²) in [5.74, 6) is -0.343. The van der Waals surface area contributed by atoms with Crippen molar-refractivity contribution in [2.75, 3.05) is 6.61 Å². The van der Waals surface area contributed by atoms with E-state index in [0.717, 1.165) is 25.7 Å². The van der Waals surface area contributed by atoms with Crippen LogP contribution in [0.2, 0.25) is 0 Å². The van der Waals surface area contributed by atoms with E-state index >= 15 is 0 Å². The summed E-state index contributed by atoms with van der Waals surface area (Å²) in [5, 5.41) is 5.80. The van der Waals surface area contributed by atoms with Gasteiger partial charge in [-0.1, -0.05) is 6.42 Å². The van der Waals surface area contributed by atoms with Crippen LogP contribution in [0.5, 0.6) is 0 Å². The lowest BCUT2D eigenvalue weighted by molar-refractivity contribution is -0.150. The molecule has 0 aromatic heterocycles. The normalized spacial score (nSPS) is 31.7. The molecule has 0 radical (unpaired) electrons. The lowest BCUT2D eigenvalue weighted by Crippen LogP contribution is -2.42. The molecule has 134 valence electrons. The summed E-state index contributed by atoms with van der Waals surface area (Å²) in [4.78, 5) is 11.5. The van der Waals surface area contributed by atoms with E-state index in [9.17, 15) is 27.1 Å². The summed E-state index contributed by atoms with van der Waals surface area (Å²) in [5.41, 5.74) is -0.586. The third kappa shape index (κ3) is 4.60. The molecule has 2 bridgehead atoms. The number of carbonyl (C=O) groups is 1. The predicted molar refractivity (Wildman–Crippen MR) is 76.3 cm³/mol. The van der Waals surface area contributed by atoms with Crippen molar-refractivity contribution in [3.8, 4) is 0 Å². The second-order valence-electron chi connectivity index (χ2n) is 6.69. The zero-order chi connectivity index (χ0) is 17.3. The second-order valence-corrected chi connectivity index (χ2v) is 8.24. The van der Waals surface area contributed by atoms with Gasteiger partial charge in [0.1, 0.15) is 0 Å². The summed E-state index contributed by atoms with van der Waals surface area (Å²) in [6.07, 6.45) is 5.32. The molecule has 2 fully saturated rings. The van der Waals surface area contributed by atoms with Gasteiger partial charge in [0.15, 0.2) is 6.61 Å². The van der Waals surface area contributed by atoms with Crippen molar-refractivity contribution in [1.82, 2.24) is 0 Å². The highest BCUT2D eigenvalue weighted by molar-refractivity contribution is 7.86. The van der Waals surface area contributed by atoms with Gasteiger partial charge in [-0.15, -0.1) is 0 Å². The van der Waals surface area contributed by atoms with E-state index in [0.29, 0.717) is 25.2 Å². The molecule has 0 spiro atoms. The van der Waals surface area contributed by atoms with Crippen LogP contribution in [-0.2, 0) is 19.6 Å². The van der Waals surface area contributed by atoms with E-state index in [4.69, 9.17) is 4.55 Å². The number of fused-ring (bicyclic) bond motifs is 2. The average molecular weight is 356 g/mol. The minimum absolute atomic E-state index is 0.0822. The van der Waals surface area contributed by atoms with Crippen molar-refractivity contribution in [3.63, 3.8) is 0 Å². The van der Waals surface area contributed by atoms with Gasteiger partial charge in [-0.05, 0) is 50.4 Å². The molecule has 0 aromatic rings. The molecular formula is C14H22F2O6S. The Morgan fingerprint density at radius 1 is 1.30 bits per heavy atom. The maximum absolute atomic E-state index is 13.0. The number of halogens is 2. The molecule has 9 heteroatoms. The third-order valence-corrected chi connectivity index (χ3v) is 5.88. The number of hydrogen-bond acceptors (Lipinski definition) is 5. The fourth-order valence-electron chi connectivity index (χ4n) is 3.70. The smallest absolute Gasteiger partial charge is 0.402 e. The number of hydrogen-bond donors (Lipinski definition) is 2. The molecule has 2 aliphatic rings. The minimum Gasteiger partial charge on any atom is -0.458 e. The van der Waals surface area contributed by atoms with E-state index in [1.807, 2.05) is 0 Å². The summed E-state index contributed by atoms with van der Waals surface area (Å²) in [7, 11) is -5.59. The van der Waals surface area contributed by atoms with Crippen LogP contribution in [0.4, 0.5) is 8.78 Å². The second kappa shape index (κ2) is 6.60. The van der Waals surface area contributed by atoms with Crippen LogP contribution >= 0.6 is 0 Å². The molecule has 23 heavy (non-hydrogen) atoms. The number of esters is 1. The van der Waals surface area contributed by atoms with Crippen LogP contribution in [-0.4, -0.2) is 41.5 Å². The molecule has 0 heterocycles. The Bertz CT molecular complexity index is 549. The molecule has 2 saturated carbocycles. The number of aliphatic hydroxyl groups is 1. The molecule has 0 aromatic carbocycles. The highest BCUT2D eigenvalue weighted by atomic mass is 32.2. The Kier molecular flexibility index (Phi) is 5.32. The zero-order valence-corrected chi connectivity index (χ0v) is 13.5. The van der Waals surface area contributed by atoms with Crippen molar-refractivity contribution < 1.29 is 36.4 Å². The first-order valence-electron chi connectivity index (χ1n) is 7.75. The fraction of sp³-hybridized carbons (Fsp3) is 0.929. The van der Waals surface area contributed by atoms with Gasteiger partial charge in [0, 0.05) is 6.42 Å². The molecule has 2 rings (SSSR count). The average Bonchev–Trinajstić information content (AvgIpc) is 2.43. The van der Waals surface area contributed by atoms with E-state index in [2.05, 4.69) is 4.74 Å². The van der Waals surface area contributed by atoms with Gasteiger partial charge in [0.2, 0.25) is 0 Å². The maximum Gasteiger partial charge on any atom is 0.402 e. The lowest BCUT2D eigenvalue weighted by Gasteiger charge is -2.45. The molecule has 0 saturated heterocycles. The van der Waals surface area contributed by atoms with Gasteiger partial charge in [-0.3, -0.25) is 9.35 Å². The summed E-state index contributed by atoms with van der Waals surface area (Å²) in [6.45, 7) is -1.68. The van der Waals surface area contributed by atoms with Crippen LogP contribution in [0.3, 0.4) is 0 Å². The van der Waals surface area contributed by atoms with E-state index < -0.39 is 33.5 Å². The third-order valence-electron chi connectivity index (χ3n) is 5.00. The molecule has 0 amide bonds. The predicted octanol–water partition coefficient (Wildman–Crippen LogP) is 2.12. The number of rotatable bonds is 6. The molecule has 3 unspecified atom stereocenters. The number of carbonyl (C=O) groups excluding carboxylic acids is 1. The highest BCUT2D eigenvalue weighted by Crippen LogP contribution is 2.47. The van der Waals surface area contributed by atoms with Crippen molar-refractivity contribution >= 4 is 16.1 Å². The maximum atomic E-state index is 13.0. The summed E-state index contributed by atoms with van der Waals surface area (Å²) in [6, 6.07) is 0. The largest absolute Gasteiger partial charge is 0.458 e. The Morgan fingerprint density at radius 2 is 2.00 bits per heavy atom. The Morgan fingerprint density at radius 3 is 2.65 bits per heavy atom. The first kappa shape index (κ1) is 18.5. The SMILES string of the molecule is O=C(CCC1CCC2(O)CCCC1C2)OCC(F)(F)S(=O)(=O)O. The first-order valence-corrected chi connectivity index (χ1v) is 9.19. The van der Waals surface area contributed by atoms with Crippen LogP contribution in [0.25, 0.3) is 0 Å². The van der Waals surface area contributed by atoms with E-state index in [-0.39, 0.29) is 12.3 Å². The summed E-state index contributed by atoms with van der Waals surface area (Å²) < 4.78 is 59.3. The molecule has 3 atom stereocenters. The topological polar surface area (TPSA) is 101 Å². The lowest BCUT2D eigenvalue weighted by atomic mass is 9.63. The van der Waals surface area contributed by atoms with E-state index in [1.165, 1.54) is 0 Å². The standard InChI is InChI=1S/C14H22F2O6S/c15-14(16,23(19,20)21)9-22-12(17)4-3-10-5-7-13(18)6-1-2-11(10)8-13/h10-11,18H,1-9H2,(H,19,20,21). The summed E-state index contributed by atoms with van der Waals surface area (Å²) >= 11 is 0. The van der Waals surface area contributed by atoms with Gasteiger partial charge >= 0.3 is 21.3 Å². The van der Waals surface area contributed by atoms with Gasteiger partial charge in [-0.25, -0.2) is 0 Å². The van der Waals surface area contributed by atoms with Crippen molar-refractivity contribution in [2.45, 2.75) is 62.2 Å². The fourth-order valence-corrected chi connectivity index (χ4v) is 3.91. The first-order chi connectivity index (χ1) is 10.5. The van der Waals surface area contributed by atoms with Gasteiger partial charge in [0.05, 0.1) is 5.60 Å². The Balaban J connectivity index is 1.77. The molecule has 2 N–H and O–H groups in total. The van der Waals surface area contributed by atoms with Crippen LogP contribution < -0.4 is 0 Å². The zero-order valence-electron chi connectivity index (χ0n) is 12.7. The molecule has 2 aliphatic carbocycles. The molecule has 0 aliphatic heterocycles. The number of alkyl halides is 2. The van der Waals surface area contributed by atoms with Crippen molar-refractivity contribution in [1.29, 1.82) is 0 Å². The quantitative estimate of drug-likeness (QED) is 0.558. The van der Waals surface area contributed by atoms with Gasteiger partial charge < -0.3 is 9.84 Å².